The SMILES string of the molecule is COc1cccc(-c2nc(CC(=O)OCC(=O)NC(=O)NCc3ccccc3)cs2)c1. The van der Waals surface area contributed by atoms with Crippen molar-refractivity contribution in [2.24, 2.45) is 0 Å². The summed E-state index contributed by atoms with van der Waals surface area (Å²) in [6.07, 6.45) is -0.0754. The summed E-state index contributed by atoms with van der Waals surface area (Å²) in [5.41, 5.74) is 2.31. The van der Waals surface area contributed by atoms with Crippen LogP contribution in [0.2, 0.25) is 0 Å². The van der Waals surface area contributed by atoms with Crippen LogP contribution in [0.5, 0.6) is 5.75 Å². The molecule has 8 nitrogen and oxygen atoms in total. The van der Waals surface area contributed by atoms with Crippen LogP contribution in [-0.2, 0) is 27.3 Å². The van der Waals surface area contributed by atoms with E-state index in [0.717, 1.165) is 16.1 Å². The molecule has 0 aliphatic rings. The number of aromatic nitrogens is 1. The Kier molecular flexibility index (Phi) is 7.72. The number of amides is 3. The van der Waals surface area contributed by atoms with Crippen molar-refractivity contribution in [2.45, 2.75) is 13.0 Å². The van der Waals surface area contributed by atoms with Gasteiger partial charge in [0.2, 0.25) is 0 Å². The van der Waals surface area contributed by atoms with E-state index in [-0.39, 0.29) is 13.0 Å². The topological polar surface area (TPSA) is 107 Å². The number of hydrogen-bond acceptors (Lipinski definition) is 7. The molecule has 0 aliphatic carbocycles. The first-order chi connectivity index (χ1) is 15.0. The van der Waals surface area contributed by atoms with E-state index < -0.39 is 24.5 Å². The zero-order chi connectivity index (χ0) is 22.1. The van der Waals surface area contributed by atoms with Crippen LogP contribution in [0.15, 0.2) is 60.0 Å². The van der Waals surface area contributed by atoms with E-state index in [2.05, 4.69) is 15.6 Å². The molecule has 0 saturated heterocycles. The summed E-state index contributed by atoms with van der Waals surface area (Å²) in [6.45, 7) is -0.274. The van der Waals surface area contributed by atoms with E-state index in [1.807, 2.05) is 54.6 Å². The molecular formula is C22H21N3O5S. The molecule has 0 radical (unpaired) electrons. The third-order valence-corrected chi connectivity index (χ3v) is 5.05. The van der Waals surface area contributed by atoms with Crippen molar-refractivity contribution < 1.29 is 23.9 Å². The summed E-state index contributed by atoms with van der Waals surface area (Å²) < 4.78 is 10.1. The summed E-state index contributed by atoms with van der Waals surface area (Å²) in [4.78, 5) is 40.0. The number of benzene rings is 2. The smallest absolute Gasteiger partial charge is 0.321 e. The molecule has 2 N–H and O–H groups in total. The highest BCUT2D eigenvalue weighted by atomic mass is 32.1. The van der Waals surface area contributed by atoms with Crippen molar-refractivity contribution in [3.8, 4) is 16.3 Å². The molecule has 0 saturated carbocycles. The van der Waals surface area contributed by atoms with Crippen LogP contribution in [0, 0.1) is 0 Å². The fourth-order valence-electron chi connectivity index (χ4n) is 2.61. The number of carbonyl (C=O) groups excluding carboxylic acids is 3. The number of esters is 1. The standard InChI is InChI=1S/C22H21N3O5S/c1-29-18-9-5-8-16(10-18)21-24-17(14-31-21)11-20(27)30-13-19(26)25-22(28)23-12-15-6-3-2-4-7-15/h2-10,14H,11-13H2,1H3,(H2,23,25,26,28). The van der Waals surface area contributed by atoms with Crippen molar-refractivity contribution in [1.82, 2.24) is 15.6 Å². The minimum absolute atomic E-state index is 0.0754. The Morgan fingerprint density at radius 2 is 1.87 bits per heavy atom. The number of ether oxygens (including phenoxy) is 2. The van der Waals surface area contributed by atoms with Gasteiger partial charge in [-0.3, -0.25) is 14.9 Å². The Morgan fingerprint density at radius 1 is 1.06 bits per heavy atom. The number of nitrogens with zero attached hydrogens (tertiary/aromatic N) is 1. The van der Waals surface area contributed by atoms with Crippen LogP contribution in [0.4, 0.5) is 4.79 Å². The van der Waals surface area contributed by atoms with E-state index in [1.54, 1.807) is 12.5 Å². The fraction of sp³-hybridized carbons (Fsp3) is 0.182. The van der Waals surface area contributed by atoms with Crippen molar-refractivity contribution in [3.05, 3.63) is 71.2 Å². The lowest BCUT2D eigenvalue weighted by molar-refractivity contribution is -0.147. The van der Waals surface area contributed by atoms with Crippen LogP contribution < -0.4 is 15.4 Å². The molecule has 0 spiro atoms. The lowest BCUT2D eigenvalue weighted by Gasteiger charge is -2.07. The highest BCUT2D eigenvalue weighted by Crippen LogP contribution is 2.27. The second kappa shape index (κ2) is 10.9. The van der Waals surface area contributed by atoms with Crippen molar-refractivity contribution in [3.63, 3.8) is 0 Å². The van der Waals surface area contributed by atoms with E-state index >= 15 is 0 Å². The zero-order valence-electron chi connectivity index (χ0n) is 16.8. The summed E-state index contributed by atoms with van der Waals surface area (Å²) in [7, 11) is 1.59. The molecule has 3 aromatic rings. The monoisotopic (exact) mass is 439 g/mol. The molecule has 1 aromatic heterocycles. The number of nitrogens with one attached hydrogen (secondary N) is 2. The molecule has 0 bridgehead atoms. The predicted octanol–water partition coefficient (Wildman–Crippen LogP) is 2.93. The van der Waals surface area contributed by atoms with Gasteiger partial charge in [0, 0.05) is 17.5 Å². The molecule has 0 unspecified atom stereocenters. The van der Waals surface area contributed by atoms with Gasteiger partial charge in [0.1, 0.15) is 10.8 Å². The summed E-state index contributed by atoms with van der Waals surface area (Å²) in [6, 6.07) is 16.1. The highest BCUT2D eigenvalue weighted by Gasteiger charge is 2.14. The maximum Gasteiger partial charge on any atom is 0.321 e. The fourth-order valence-corrected chi connectivity index (χ4v) is 3.42. The van der Waals surface area contributed by atoms with E-state index in [0.29, 0.717) is 11.4 Å². The van der Waals surface area contributed by atoms with Crippen LogP contribution >= 0.6 is 11.3 Å². The lowest BCUT2D eigenvalue weighted by Crippen LogP contribution is -2.41. The average Bonchev–Trinajstić information content (AvgIpc) is 3.25. The summed E-state index contributed by atoms with van der Waals surface area (Å²) in [5.74, 6) is -0.607. The second-order valence-corrected chi connectivity index (χ2v) is 7.29. The van der Waals surface area contributed by atoms with Gasteiger partial charge in [0.15, 0.2) is 6.61 Å². The number of imide groups is 1. The first-order valence-corrected chi connectivity index (χ1v) is 10.3. The molecule has 0 fully saturated rings. The molecule has 0 atom stereocenters. The number of rotatable bonds is 8. The molecule has 2 aromatic carbocycles. The van der Waals surface area contributed by atoms with Crippen LogP contribution in [0.25, 0.3) is 10.6 Å². The molecule has 160 valence electrons. The van der Waals surface area contributed by atoms with Gasteiger partial charge in [0.05, 0.1) is 19.2 Å². The number of thiazole rings is 1. The van der Waals surface area contributed by atoms with Gasteiger partial charge >= 0.3 is 12.0 Å². The van der Waals surface area contributed by atoms with Crippen LogP contribution in [0.1, 0.15) is 11.3 Å². The van der Waals surface area contributed by atoms with Crippen molar-refractivity contribution in [2.75, 3.05) is 13.7 Å². The third kappa shape index (κ3) is 6.93. The normalized spacial score (nSPS) is 10.2. The first kappa shape index (κ1) is 22.0. The largest absolute Gasteiger partial charge is 0.497 e. The van der Waals surface area contributed by atoms with Crippen molar-refractivity contribution in [1.29, 1.82) is 0 Å². The third-order valence-electron chi connectivity index (χ3n) is 4.11. The van der Waals surface area contributed by atoms with Crippen LogP contribution in [0.3, 0.4) is 0 Å². The molecule has 3 amide bonds. The Hall–Kier alpha value is -3.72. The Bertz CT molecular complexity index is 1050. The zero-order valence-corrected chi connectivity index (χ0v) is 17.6. The molecular weight excluding hydrogens is 418 g/mol. The summed E-state index contributed by atoms with van der Waals surface area (Å²) >= 11 is 1.39. The second-order valence-electron chi connectivity index (χ2n) is 6.43. The molecule has 1 heterocycles. The quantitative estimate of drug-likeness (QED) is 0.523. The van der Waals surface area contributed by atoms with E-state index in [9.17, 15) is 14.4 Å². The maximum atomic E-state index is 12.0. The molecule has 0 aliphatic heterocycles. The van der Waals surface area contributed by atoms with Crippen LogP contribution in [-0.4, -0.2) is 36.6 Å². The minimum Gasteiger partial charge on any atom is -0.497 e. The van der Waals surface area contributed by atoms with Gasteiger partial charge < -0.3 is 14.8 Å². The van der Waals surface area contributed by atoms with Gasteiger partial charge in [-0.1, -0.05) is 42.5 Å². The highest BCUT2D eigenvalue weighted by molar-refractivity contribution is 7.13. The number of urea groups is 1. The van der Waals surface area contributed by atoms with Gasteiger partial charge in [-0.15, -0.1) is 11.3 Å². The Balaban J connectivity index is 1.41. The van der Waals surface area contributed by atoms with Gasteiger partial charge in [-0.2, -0.15) is 0 Å². The predicted molar refractivity (Wildman–Crippen MR) is 116 cm³/mol. The van der Waals surface area contributed by atoms with Gasteiger partial charge in [0.25, 0.3) is 5.91 Å². The Labute approximate surface area is 183 Å². The van der Waals surface area contributed by atoms with Crippen molar-refractivity contribution >= 4 is 29.2 Å². The average molecular weight is 439 g/mol. The van der Waals surface area contributed by atoms with E-state index in [4.69, 9.17) is 9.47 Å². The maximum absolute atomic E-state index is 12.0. The first-order valence-electron chi connectivity index (χ1n) is 9.39. The number of carbonyl (C=O) groups is 3. The van der Waals surface area contributed by atoms with Gasteiger partial charge in [-0.05, 0) is 17.7 Å². The number of hydrogen-bond donors (Lipinski definition) is 2. The number of methoxy groups -OCH3 is 1. The molecule has 3 rings (SSSR count). The van der Waals surface area contributed by atoms with Gasteiger partial charge in [-0.25, -0.2) is 9.78 Å². The summed E-state index contributed by atoms with van der Waals surface area (Å²) in [5, 5.41) is 7.17. The lowest BCUT2D eigenvalue weighted by atomic mass is 10.2. The molecule has 31 heavy (non-hydrogen) atoms. The minimum atomic E-state index is -0.714. The molecule has 9 heteroatoms. The Morgan fingerprint density at radius 3 is 2.65 bits per heavy atom. The van der Waals surface area contributed by atoms with E-state index in [1.165, 1.54) is 11.3 Å².